The van der Waals surface area contributed by atoms with E-state index in [9.17, 15) is 4.79 Å². The molecule has 1 saturated carbocycles. The van der Waals surface area contributed by atoms with Gasteiger partial charge in [0.05, 0.1) is 17.5 Å². The Morgan fingerprint density at radius 1 is 1.38 bits per heavy atom. The van der Waals surface area contributed by atoms with Gasteiger partial charge in [0.2, 0.25) is 5.91 Å². The normalized spacial score (nSPS) is 22.0. The van der Waals surface area contributed by atoms with Crippen molar-refractivity contribution < 1.29 is 9.53 Å². The summed E-state index contributed by atoms with van der Waals surface area (Å²) in [5.74, 6) is 0.460. The Morgan fingerprint density at radius 3 is 2.86 bits per heavy atom. The van der Waals surface area contributed by atoms with Crippen LogP contribution in [0.3, 0.4) is 0 Å². The van der Waals surface area contributed by atoms with E-state index in [4.69, 9.17) is 10.5 Å². The smallest absolute Gasteiger partial charge is 0.250 e. The van der Waals surface area contributed by atoms with Crippen LogP contribution < -0.4 is 11.1 Å². The third-order valence-corrected chi connectivity index (χ3v) is 4.27. The average molecular weight is 290 g/mol. The Hall–Kier alpha value is -1.55. The molecule has 1 aromatic rings. The number of amides is 1. The summed E-state index contributed by atoms with van der Waals surface area (Å²) in [7, 11) is 0. The number of nitrogens with one attached hydrogen (secondary N) is 1. The molecule has 116 valence electrons. The number of hydrogen-bond donors (Lipinski definition) is 2. The first-order valence-corrected chi connectivity index (χ1v) is 7.87. The predicted molar refractivity (Wildman–Crippen MR) is 86.2 cm³/mol. The quantitative estimate of drug-likeness (QED) is 0.816. The van der Waals surface area contributed by atoms with Crippen LogP contribution in [0.1, 0.15) is 44.6 Å². The maximum Gasteiger partial charge on any atom is 0.250 e. The highest BCUT2D eigenvalue weighted by Gasteiger charge is 2.24. The molecule has 3 N–H and O–H groups in total. The Kier molecular flexibility index (Phi) is 5.62. The lowest BCUT2D eigenvalue weighted by Crippen LogP contribution is -2.31. The minimum Gasteiger partial charge on any atom is -0.397 e. The average Bonchev–Trinajstić information content (AvgIpc) is 2.48. The van der Waals surface area contributed by atoms with Crippen molar-refractivity contribution >= 4 is 17.3 Å². The molecule has 4 heteroatoms. The summed E-state index contributed by atoms with van der Waals surface area (Å²) in [4.78, 5) is 12.0. The van der Waals surface area contributed by atoms with Gasteiger partial charge in [-0.3, -0.25) is 4.79 Å². The number of aryl methyl sites for hydroxylation is 1. The Balaban J connectivity index is 1.84. The van der Waals surface area contributed by atoms with Crippen molar-refractivity contribution in [3.63, 3.8) is 0 Å². The largest absolute Gasteiger partial charge is 0.397 e. The standard InChI is InChI=1S/C17H26N2O2/c1-3-13-6-4-5-7-16(13)21-11-17(20)19-15-9-8-12(2)10-14(15)18/h8-10,13,16H,3-7,11,18H2,1-2H3,(H,19,20). The van der Waals surface area contributed by atoms with Crippen molar-refractivity contribution in [1.29, 1.82) is 0 Å². The molecule has 2 rings (SSSR count). The number of benzene rings is 1. The van der Waals surface area contributed by atoms with Crippen LogP contribution in [-0.4, -0.2) is 18.6 Å². The van der Waals surface area contributed by atoms with Gasteiger partial charge in [-0.2, -0.15) is 0 Å². The second kappa shape index (κ2) is 7.46. The first-order valence-electron chi connectivity index (χ1n) is 7.87. The second-order valence-corrected chi connectivity index (χ2v) is 5.94. The first-order chi connectivity index (χ1) is 10.1. The van der Waals surface area contributed by atoms with Gasteiger partial charge < -0.3 is 15.8 Å². The minimum atomic E-state index is -0.133. The monoisotopic (exact) mass is 290 g/mol. The van der Waals surface area contributed by atoms with E-state index in [0.29, 0.717) is 17.3 Å². The molecule has 2 unspecified atom stereocenters. The number of carbonyl (C=O) groups excluding carboxylic acids is 1. The van der Waals surface area contributed by atoms with Gasteiger partial charge in [0.1, 0.15) is 6.61 Å². The fourth-order valence-corrected chi connectivity index (χ4v) is 3.03. The zero-order chi connectivity index (χ0) is 15.2. The van der Waals surface area contributed by atoms with Crippen molar-refractivity contribution in [2.45, 2.75) is 52.1 Å². The molecule has 0 bridgehead atoms. The molecule has 0 saturated heterocycles. The zero-order valence-electron chi connectivity index (χ0n) is 13.0. The van der Waals surface area contributed by atoms with Gasteiger partial charge in [-0.1, -0.05) is 32.3 Å². The van der Waals surface area contributed by atoms with Gasteiger partial charge in [0, 0.05) is 0 Å². The summed E-state index contributed by atoms with van der Waals surface area (Å²) in [6, 6.07) is 5.61. The third kappa shape index (κ3) is 4.46. The molecular formula is C17H26N2O2. The predicted octanol–water partition coefficient (Wildman–Crippen LogP) is 3.50. The number of nitrogen functional groups attached to an aromatic ring is 1. The van der Waals surface area contributed by atoms with E-state index in [2.05, 4.69) is 12.2 Å². The first kappa shape index (κ1) is 15.8. The minimum absolute atomic E-state index is 0.106. The summed E-state index contributed by atoms with van der Waals surface area (Å²) in [6.45, 7) is 4.27. The molecule has 0 radical (unpaired) electrons. The fraction of sp³-hybridized carbons (Fsp3) is 0.588. The maximum absolute atomic E-state index is 12.0. The summed E-state index contributed by atoms with van der Waals surface area (Å²) in [5, 5.41) is 2.82. The lowest BCUT2D eigenvalue weighted by atomic mass is 9.85. The van der Waals surface area contributed by atoms with Gasteiger partial charge >= 0.3 is 0 Å². The maximum atomic E-state index is 12.0. The van der Waals surface area contributed by atoms with E-state index in [1.54, 1.807) is 0 Å². The van der Waals surface area contributed by atoms with Gasteiger partial charge in [0.15, 0.2) is 0 Å². The van der Waals surface area contributed by atoms with E-state index in [1.807, 2.05) is 25.1 Å². The van der Waals surface area contributed by atoms with Crippen LogP contribution in [0.4, 0.5) is 11.4 Å². The molecule has 0 aromatic heterocycles. The molecule has 4 nitrogen and oxygen atoms in total. The topological polar surface area (TPSA) is 64.3 Å². The highest BCUT2D eigenvalue weighted by atomic mass is 16.5. The SMILES string of the molecule is CCC1CCCCC1OCC(=O)Nc1ccc(C)cc1N. The molecule has 1 aliphatic carbocycles. The lowest BCUT2D eigenvalue weighted by Gasteiger charge is -2.30. The number of nitrogens with two attached hydrogens (primary N) is 1. The van der Waals surface area contributed by atoms with Crippen LogP contribution in [0.5, 0.6) is 0 Å². The van der Waals surface area contributed by atoms with E-state index in [0.717, 1.165) is 18.4 Å². The summed E-state index contributed by atoms with van der Waals surface area (Å²) in [5.41, 5.74) is 8.22. The number of ether oxygens (including phenoxy) is 1. The van der Waals surface area contributed by atoms with Gasteiger partial charge in [-0.05, 0) is 43.4 Å². The van der Waals surface area contributed by atoms with E-state index in [-0.39, 0.29) is 18.6 Å². The Bertz CT molecular complexity index is 488. The summed E-state index contributed by atoms with van der Waals surface area (Å²) >= 11 is 0. The summed E-state index contributed by atoms with van der Waals surface area (Å²) < 4.78 is 5.83. The molecule has 0 heterocycles. The van der Waals surface area contributed by atoms with Crippen LogP contribution in [0.25, 0.3) is 0 Å². The van der Waals surface area contributed by atoms with Crippen molar-refractivity contribution in [3.8, 4) is 0 Å². The molecule has 1 aliphatic rings. The fourth-order valence-electron chi connectivity index (χ4n) is 3.03. The van der Waals surface area contributed by atoms with Crippen molar-refractivity contribution in [3.05, 3.63) is 23.8 Å². The molecule has 1 fully saturated rings. The van der Waals surface area contributed by atoms with Gasteiger partial charge in [-0.25, -0.2) is 0 Å². The van der Waals surface area contributed by atoms with E-state index >= 15 is 0 Å². The highest BCUT2D eigenvalue weighted by Crippen LogP contribution is 2.29. The third-order valence-electron chi connectivity index (χ3n) is 4.27. The molecular weight excluding hydrogens is 264 g/mol. The number of carbonyl (C=O) groups is 1. The zero-order valence-corrected chi connectivity index (χ0v) is 13.0. The highest BCUT2D eigenvalue weighted by molar-refractivity contribution is 5.94. The molecule has 1 amide bonds. The van der Waals surface area contributed by atoms with Crippen molar-refractivity contribution in [2.75, 3.05) is 17.7 Å². The molecule has 1 aromatic carbocycles. The van der Waals surface area contributed by atoms with Crippen molar-refractivity contribution in [2.24, 2.45) is 5.92 Å². The Labute approximate surface area is 127 Å². The van der Waals surface area contributed by atoms with Crippen molar-refractivity contribution in [1.82, 2.24) is 0 Å². The molecule has 0 aliphatic heterocycles. The van der Waals surface area contributed by atoms with E-state index in [1.165, 1.54) is 19.3 Å². The number of rotatable bonds is 5. The summed E-state index contributed by atoms with van der Waals surface area (Å²) in [6.07, 6.45) is 6.12. The number of anilines is 2. The van der Waals surface area contributed by atoms with Crippen LogP contribution in [0, 0.1) is 12.8 Å². The van der Waals surface area contributed by atoms with Crippen LogP contribution in [0.2, 0.25) is 0 Å². The molecule has 21 heavy (non-hydrogen) atoms. The second-order valence-electron chi connectivity index (χ2n) is 5.94. The van der Waals surface area contributed by atoms with E-state index < -0.39 is 0 Å². The van der Waals surface area contributed by atoms with Crippen LogP contribution >= 0.6 is 0 Å². The molecule has 2 atom stereocenters. The lowest BCUT2D eigenvalue weighted by molar-refractivity contribution is -0.124. The van der Waals surface area contributed by atoms with Crippen LogP contribution in [0.15, 0.2) is 18.2 Å². The van der Waals surface area contributed by atoms with Gasteiger partial charge in [0.25, 0.3) is 0 Å². The van der Waals surface area contributed by atoms with Crippen LogP contribution in [-0.2, 0) is 9.53 Å². The Morgan fingerprint density at radius 2 is 2.14 bits per heavy atom. The molecule has 0 spiro atoms. The van der Waals surface area contributed by atoms with Gasteiger partial charge in [-0.15, -0.1) is 0 Å². The number of hydrogen-bond acceptors (Lipinski definition) is 3.